The van der Waals surface area contributed by atoms with E-state index in [9.17, 15) is 0 Å². The van der Waals surface area contributed by atoms with Crippen molar-refractivity contribution in [2.24, 2.45) is 0 Å². The van der Waals surface area contributed by atoms with Gasteiger partial charge >= 0.3 is 0 Å². The van der Waals surface area contributed by atoms with E-state index in [1.54, 1.807) is 0 Å². The van der Waals surface area contributed by atoms with Crippen molar-refractivity contribution in [2.45, 2.75) is 32.0 Å². The maximum atomic E-state index is 8.95. The molecule has 2 rings (SSSR count). The van der Waals surface area contributed by atoms with E-state index in [4.69, 9.17) is 9.53 Å². The topological polar surface area (TPSA) is 35.5 Å². The van der Waals surface area contributed by atoms with Crippen molar-refractivity contribution in [2.75, 3.05) is 7.11 Å². The first-order chi connectivity index (χ1) is 7.86. The average molecular weight is 222 g/mol. The van der Waals surface area contributed by atoms with Gasteiger partial charge in [0, 0.05) is 0 Å². The minimum Gasteiger partial charge on any atom is -0.471 e. The van der Waals surface area contributed by atoms with Gasteiger partial charge in [-0.1, -0.05) is 30.3 Å². The molecule has 0 N–H and O–H groups in total. The Balaban J connectivity index is 0.000000280. The zero-order valence-corrected chi connectivity index (χ0v) is 9.59. The van der Waals surface area contributed by atoms with E-state index in [1.807, 2.05) is 6.07 Å². The van der Waals surface area contributed by atoms with Crippen LogP contribution in [0, 0.1) is 0 Å². The molecule has 1 aromatic carbocycles. The van der Waals surface area contributed by atoms with Crippen molar-refractivity contribution in [1.29, 1.82) is 0 Å². The number of rotatable bonds is 4. The lowest BCUT2D eigenvalue weighted by Gasteiger charge is -2.25. The second-order valence-corrected chi connectivity index (χ2v) is 3.68. The Bertz CT molecular complexity index is 280. The van der Waals surface area contributed by atoms with Crippen molar-refractivity contribution >= 4 is 6.47 Å². The zero-order chi connectivity index (χ0) is 11.6. The van der Waals surface area contributed by atoms with Gasteiger partial charge in [-0.05, 0) is 24.8 Å². The minimum atomic E-state index is 0.375. The lowest BCUT2D eigenvalue weighted by molar-refractivity contribution is -0.126. The minimum absolute atomic E-state index is 0.375. The molecule has 0 radical (unpaired) electrons. The van der Waals surface area contributed by atoms with Crippen LogP contribution in [0.15, 0.2) is 30.3 Å². The number of hydrogen-bond donors (Lipinski definition) is 0. The average Bonchev–Trinajstić information content (AvgIpc) is 2.29. The van der Waals surface area contributed by atoms with Crippen LogP contribution in [0.5, 0.6) is 0 Å². The van der Waals surface area contributed by atoms with E-state index < -0.39 is 0 Å². The van der Waals surface area contributed by atoms with Crippen LogP contribution in [0.3, 0.4) is 0 Å². The van der Waals surface area contributed by atoms with Gasteiger partial charge in [-0.3, -0.25) is 4.79 Å². The fraction of sp³-hybridized carbons (Fsp3) is 0.462. The highest BCUT2D eigenvalue weighted by Gasteiger charge is 2.17. The molecule has 0 heterocycles. The SMILES string of the molecule is COC=O.c1ccc(COC2CCC2)cc1. The van der Waals surface area contributed by atoms with E-state index in [2.05, 4.69) is 29.0 Å². The fourth-order valence-corrected chi connectivity index (χ4v) is 1.33. The Labute approximate surface area is 96.4 Å². The molecule has 1 fully saturated rings. The van der Waals surface area contributed by atoms with Gasteiger partial charge in [0.2, 0.25) is 0 Å². The molecule has 1 saturated carbocycles. The van der Waals surface area contributed by atoms with Gasteiger partial charge in [0.1, 0.15) is 0 Å². The fourth-order valence-electron chi connectivity index (χ4n) is 1.33. The van der Waals surface area contributed by atoms with Crippen LogP contribution in [0.2, 0.25) is 0 Å². The standard InChI is InChI=1S/C11H14O.C2H4O2/c1-2-5-10(6-3-1)9-12-11-7-4-8-11;1-4-2-3/h1-3,5-6,11H,4,7-9H2;2H,1H3. The summed E-state index contributed by atoms with van der Waals surface area (Å²) in [7, 11) is 1.31. The number of carbonyl (C=O) groups excluding carboxylic acids is 1. The third kappa shape index (κ3) is 4.94. The van der Waals surface area contributed by atoms with Crippen molar-refractivity contribution < 1.29 is 14.3 Å². The quantitative estimate of drug-likeness (QED) is 0.734. The predicted molar refractivity (Wildman–Crippen MR) is 61.9 cm³/mol. The van der Waals surface area contributed by atoms with E-state index in [-0.39, 0.29) is 0 Å². The van der Waals surface area contributed by atoms with Gasteiger partial charge in [0.05, 0.1) is 19.8 Å². The molecule has 0 aliphatic heterocycles. The summed E-state index contributed by atoms with van der Waals surface area (Å²) in [6.45, 7) is 1.16. The maximum Gasteiger partial charge on any atom is 0.292 e. The molecular weight excluding hydrogens is 204 g/mol. The molecule has 1 aliphatic rings. The van der Waals surface area contributed by atoms with E-state index in [1.165, 1.54) is 31.9 Å². The number of carbonyl (C=O) groups is 1. The van der Waals surface area contributed by atoms with Crippen LogP contribution in [0.4, 0.5) is 0 Å². The Morgan fingerprint density at radius 1 is 1.31 bits per heavy atom. The summed E-state index contributed by atoms with van der Waals surface area (Å²) in [4.78, 5) is 8.95. The van der Waals surface area contributed by atoms with Crippen molar-refractivity contribution in [3.8, 4) is 0 Å². The van der Waals surface area contributed by atoms with Crippen LogP contribution >= 0.6 is 0 Å². The van der Waals surface area contributed by atoms with Crippen molar-refractivity contribution in [3.05, 3.63) is 35.9 Å². The Hall–Kier alpha value is -1.35. The van der Waals surface area contributed by atoms with Crippen LogP contribution in [-0.4, -0.2) is 19.7 Å². The summed E-state index contributed by atoms with van der Waals surface area (Å²) in [6.07, 6.45) is 4.41. The summed E-state index contributed by atoms with van der Waals surface area (Å²) in [6, 6.07) is 10.4. The Morgan fingerprint density at radius 3 is 2.38 bits per heavy atom. The summed E-state index contributed by atoms with van der Waals surface area (Å²) in [5.74, 6) is 0. The van der Waals surface area contributed by atoms with E-state index in [0.29, 0.717) is 12.6 Å². The third-order valence-electron chi connectivity index (χ3n) is 2.48. The molecule has 0 bridgehead atoms. The molecule has 3 nitrogen and oxygen atoms in total. The van der Waals surface area contributed by atoms with Gasteiger partial charge in [-0.25, -0.2) is 0 Å². The van der Waals surface area contributed by atoms with Crippen molar-refractivity contribution in [3.63, 3.8) is 0 Å². The van der Waals surface area contributed by atoms with E-state index in [0.717, 1.165) is 6.61 Å². The Kier molecular flexibility index (Phi) is 6.26. The molecule has 16 heavy (non-hydrogen) atoms. The van der Waals surface area contributed by atoms with Crippen LogP contribution in [0.1, 0.15) is 24.8 Å². The van der Waals surface area contributed by atoms with Gasteiger partial charge in [-0.2, -0.15) is 0 Å². The highest BCUT2D eigenvalue weighted by molar-refractivity contribution is 5.36. The number of benzene rings is 1. The van der Waals surface area contributed by atoms with Gasteiger partial charge in [0.25, 0.3) is 6.47 Å². The highest BCUT2D eigenvalue weighted by atomic mass is 16.5. The first-order valence-electron chi connectivity index (χ1n) is 5.48. The second-order valence-electron chi connectivity index (χ2n) is 3.68. The largest absolute Gasteiger partial charge is 0.471 e. The molecule has 0 spiro atoms. The Morgan fingerprint density at radius 2 is 1.94 bits per heavy atom. The van der Waals surface area contributed by atoms with Crippen molar-refractivity contribution in [1.82, 2.24) is 0 Å². The monoisotopic (exact) mass is 222 g/mol. The first kappa shape index (κ1) is 12.7. The smallest absolute Gasteiger partial charge is 0.292 e. The first-order valence-corrected chi connectivity index (χ1v) is 5.48. The number of hydrogen-bond acceptors (Lipinski definition) is 3. The van der Waals surface area contributed by atoms with Gasteiger partial charge in [-0.15, -0.1) is 0 Å². The molecule has 0 atom stereocenters. The van der Waals surface area contributed by atoms with Gasteiger partial charge in [0.15, 0.2) is 0 Å². The zero-order valence-electron chi connectivity index (χ0n) is 9.59. The molecule has 0 amide bonds. The van der Waals surface area contributed by atoms with Crippen LogP contribution in [-0.2, 0) is 20.9 Å². The summed E-state index contributed by atoms with van der Waals surface area (Å²) in [5, 5.41) is 0. The number of ether oxygens (including phenoxy) is 2. The van der Waals surface area contributed by atoms with Crippen LogP contribution < -0.4 is 0 Å². The van der Waals surface area contributed by atoms with Crippen LogP contribution in [0.25, 0.3) is 0 Å². The summed E-state index contributed by atoms with van der Waals surface area (Å²) >= 11 is 0. The molecule has 88 valence electrons. The molecular formula is C13H18O3. The molecule has 0 unspecified atom stereocenters. The molecule has 0 aromatic heterocycles. The van der Waals surface area contributed by atoms with E-state index >= 15 is 0 Å². The molecule has 0 saturated heterocycles. The predicted octanol–water partition coefficient (Wildman–Crippen LogP) is 2.54. The maximum absolute atomic E-state index is 8.95. The molecule has 3 heteroatoms. The third-order valence-corrected chi connectivity index (χ3v) is 2.48. The second kappa shape index (κ2) is 7.88. The molecule has 1 aromatic rings. The van der Waals surface area contributed by atoms with Gasteiger partial charge < -0.3 is 9.47 Å². The normalized spacial score (nSPS) is 14.3. The molecule has 1 aliphatic carbocycles. The lowest BCUT2D eigenvalue weighted by Crippen LogP contribution is -2.21. The summed E-state index contributed by atoms with van der Waals surface area (Å²) in [5.41, 5.74) is 1.28. The lowest BCUT2D eigenvalue weighted by atomic mass is 9.96. The summed E-state index contributed by atoms with van der Waals surface area (Å²) < 4.78 is 9.53. The number of methoxy groups -OCH3 is 1. The highest BCUT2D eigenvalue weighted by Crippen LogP contribution is 2.22.